The Hall–Kier alpha value is -3.28. The molecule has 0 amide bonds. The lowest BCUT2D eigenvalue weighted by molar-refractivity contribution is 0.111. The average Bonchev–Trinajstić information content (AvgIpc) is 2.74. The number of benzene rings is 2. The van der Waals surface area contributed by atoms with Gasteiger partial charge in [-0.2, -0.15) is 0 Å². The van der Waals surface area contributed by atoms with Crippen molar-refractivity contribution in [3.05, 3.63) is 57.6 Å². The van der Waals surface area contributed by atoms with E-state index in [2.05, 4.69) is 9.98 Å². The fourth-order valence-corrected chi connectivity index (χ4v) is 3.84. The lowest BCUT2D eigenvalue weighted by atomic mass is 9.91. The number of phenolic OH excluding ortho intramolecular Hbond substituents is 2. The number of aldehydes is 2. The minimum Gasteiger partial charge on any atom is -0.507 e. The highest BCUT2D eigenvalue weighted by Gasteiger charge is 2.23. The molecule has 0 saturated heterocycles. The van der Waals surface area contributed by atoms with Crippen molar-refractivity contribution < 1.29 is 19.8 Å². The SMILES string of the molecule is Cc1cc(C=O)c(O)c(C=NC2CCCCC2N=Cc2cc(C)cc(C=O)c2O)c1. The minimum absolute atomic E-state index is 0.0629. The summed E-state index contributed by atoms with van der Waals surface area (Å²) in [4.78, 5) is 31.6. The quantitative estimate of drug-likeness (QED) is 0.555. The summed E-state index contributed by atoms with van der Waals surface area (Å²) in [7, 11) is 0. The van der Waals surface area contributed by atoms with Gasteiger partial charge in [-0.05, 0) is 62.1 Å². The largest absolute Gasteiger partial charge is 0.507 e. The number of phenols is 2. The zero-order valence-corrected chi connectivity index (χ0v) is 17.2. The Morgan fingerprint density at radius 2 is 1.10 bits per heavy atom. The zero-order valence-electron chi connectivity index (χ0n) is 17.2. The number of carbonyl (C=O) groups excluding carboxylic acids is 2. The summed E-state index contributed by atoms with van der Waals surface area (Å²) in [6, 6.07) is 6.72. The van der Waals surface area contributed by atoms with Gasteiger partial charge in [-0.15, -0.1) is 0 Å². The molecule has 0 aromatic heterocycles. The second-order valence-corrected chi connectivity index (χ2v) is 7.80. The van der Waals surface area contributed by atoms with Crippen molar-refractivity contribution >= 4 is 25.0 Å². The highest BCUT2D eigenvalue weighted by molar-refractivity contribution is 5.91. The van der Waals surface area contributed by atoms with Crippen molar-refractivity contribution in [1.29, 1.82) is 0 Å². The summed E-state index contributed by atoms with van der Waals surface area (Å²) >= 11 is 0. The van der Waals surface area contributed by atoms with E-state index in [1.807, 2.05) is 13.8 Å². The van der Waals surface area contributed by atoms with Crippen LogP contribution in [0.25, 0.3) is 0 Å². The average molecular weight is 406 g/mol. The van der Waals surface area contributed by atoms with Crippen LogP contribution in [0.15, 0.2) is 34.3 Å². The number of aliphatic imine (C=N–C) groups is 2. The number of aryl methyl sites for hydroxylation is 2. The van der Waals surface area contributed by atoms with Gasteiger partial charge in [0.15, 0.2) is 12.6 Å². The third-order valence-electron chi connectivity index (χ3n) is 5.38. The van der Waals surface area contributed by atoms with Crippen LogP contribution in [0, 0.1) is 13.8 Å². The van der Waals surface area contributed by atoms with Crippen molar-refractivity contribution in [3.63, 3.8) is 0 Å². The van der Waals surface area contributed by atoms with E-state index < -0.39 is 0 Å². The minimum atomic E-state index is -0.0683. The molecule has 2 unspecified atom stereocenters. The first-order chi connectivity index (χ1) is 14.4. The fraction of sp³-hybridized carbons (Fsp3) is 0.333. The van der Waals surface area contributed by atoms with Crippen LogP contribution in [-0.2, 0) is 0 Å². The summed E-state index contributed by atoms with van der Waals surface area (Å²) in [5.41, 5.74) is 3.26. The van der Waals surface area contributed by atoms with Gasteiger partial charge in [-0.1, -0.05) is 12.8 Å². The van der Waals surface area contributed by atoms with E-state index in [-0.39, 0.29) is 34.7 Å². The molecule has 156 valence electrons. The van der Waals surface area contributed by atoms with Gasteiger partial charge in [0.1, 0.15) is 11.5 Å². The van der Waals surface area contributed by atoms with E-state index >= 15 is 0 Å². The monoisotopic (exact) mass is 406 g/mol. The van der Waals surface area contributed by atoms with Gasteiger partial charge in [0.2, 0.25) is 0 Å². The molecular weight excluding hydrogens is 380 g/mol. The normalized spacial score (nSPS) is 19.4. The molecule has 0 aliphatic heterocycles. The van der Waals surface area contributed by atoms with E-state index in [1.165, 1.54) is 0 Å². The number of carbonyl (C=O) groups is 2. The lowest BCUT2D eigenvalue weighted by Gasteiger charge is -2.25. The fourth-order valence-electron chi connectivity index (χ4n) is 3.84. The maximum Gasteiger partial charge on any atom is 0.153 e. The summed E-state index contributed by atoms with van der Waals surface area (Å²) < 4.78 is 0. The van der Waals surface area contributed by atoms with Crippen molar-refractivity contribution in [3.8, 4) is 11.5 Å². The smallest absolute Gasteiger partial charge is 0.153 e. The number of nitrogens with zero attached hydrogens (tertiary/aromatic N) is 2. The van der Waals surface area contributed by atoms with Gasteiger partial charge in [-0.25, -0.2) is 0 Å². The highest BCUT2D eigenvalue weighted by atomic mass is 16.3. The van der Waals surface area contributed by atoms with E-state index in [1.54, 1.807) is 36.7 Å². The molecule has 2 N–H and O–H groups in total. The van der Waals surface area contributed by atoms with E-state index in [9.17, 15) is 19.8 Å². The molecule has 30 heavy (non-hydrogen) atoms. The molecule has 6 nitrogen and oxygen atoms in total. The molecule has 2 atom stereocenters. The van der Waals surface area contributed by atoms with Crippen molar-refractivity contribution in [2.75, 3.05) is 0 Å². The molecule has 1 aliphatic rings. The third kappa shape index (κ3) is 4.82. The Morgan fingerprint density at radius 1 is 0.733 bits per heavy atom. The summed E-state index contributed by atoms with van der Waals surface area (Å²) in [6.45, 7) is 3.72. The zero-order chi connectivity index (χ0) is 21.7. The number of rotatable bonds is 6. The van der Waals surface area contributed by atoms with Crippen LogP contribution in [0.1, 0.15) is 68.7 Å². The molecule has 0 spiro atoms. The molecule has 0 bridgehead atoms. The first-order valence-electron chi connectivity index (χ1n) is 10.1. The molecule has 1 fully saturated rings. The van der Waals surface area contributed by atoms with Crippen molar-refractivity contribution in [1.82, 2.24) is 0 Å². The molecule has 2 aromatic rings. The van der Waals surface area contributed by atoms with E-state index in [0.717, 1.165) is 36.8 Å². The van der Waals surface area contributed by atoms with Crippen LogP contribution < -0.4 is 0 Å². The van der Waals surface area contributed by atoms with Crippen molar-refractivity contribution in [2.24, 2.45) is 9.98 Å². The second kappa shape index (κ2) is 9.48. The number of hydrogen-bond donors (Lipinski definition) is 2. The topological polar surface area (TPSA) is 99.3 Å². The van der Waals surface area contributed by atoms with Gasteiger partial charge in [0, 0.05) is 23.6 Å². The molecule has 3 rings (SSSR count). The predicted octanol–water partition coefficient (Wildman–Crippen LogP) is 4.19. The predicted molar refractivity (Wildman–Crippen MR) is 118 cm³/mol. The summed E-state index contributed by atoms with van der Waals surface area (Å²) in [5.74, 6) is -0.137. The number of hydrogen-bond acceptors (Lipinski definition) is 6. The van der Waals surface area contributed by atoms with Gasteiger partial charge in [0.05, 0.1) is 23.2 Å². The Labute approximate surface area is 176 Å². The molecule has 0 radical (unpaired) electrons. The first kappa shape index (κ1) is 21.4. The second-order valence-electron chi connectivity index (χ2n) is 7.80. The van der Waals surface area contributed by atoms with E-state index in [0.29, 0.717) is 23.7 Å². The van der Waals surface area contributed by atoms with Crippen LogP contribution in [0.2, 0.25) is 0 Å². The number of aromatic hydroxyl groups is 2. The van der Waals surface area contributed by atoms with Gasteiger partial charge >= 0.3 is 0 Å². The first-order valence-corrected chi connectivity index (χ1v) is 10.1. The standard InChI is InChI=1S/C24H26N2O4/c1-15-7-17(23(29)19(9-15)13-27)11-25-21-5-3-4-6-22(21)26-12-18-8-16(2)10-20(14-28)24(18)30/h7-14,21-22,29-30H,3-6H2,1-2H3. The third-order valence-corrected chi connectivity index (χ3v) is 5.38. The molecule has 2 aromatic carbocycles. The maximum atomic E-state index is 11.1. The van der Waals surface area contributed by atoms with Crippen LogP contribution >= 0.6 is 0 Å². The van der Waals surface area contributed by atoms with Crippen LogP contribution in [0.3, 0.4) is 0 Å². The molecule has 6 heteroatoms. The highest BCUT2D eigenvalue weighted by Crippen LogP contribution is 2.27. The molecular formula is C24H26N2O4. The molecule has 0 heterocycles. The summed E-state index contributed by atoms with van der Waals surface area (Å²) in [5, 5.41) is 20.5. The van der Waals surface area contributed by atoms with Gasteiger partial charge in [-0.3, -0.25) is 19.6 Å². The molecule has 1 saturated carbocycles. The van der Waals surface area contributed by atoms with Gasteiger partial charge < -0.3 is 10.2 Å². The van der Waals surface area contributed by atoms with Crippen LogP contribution in [0.4, 0.5) is 0 Å². The Balaban J connectivity index is 1.84. The van der Waals surface area contributed by atoms with Crippen molar-refractivity contribution in [2.45, 2.75) is 51.6 Å². The van der Waals surface area contributed by atoms with Gasteiger partial charge in [0.25, 0.3) is 0 Å². The van der Waals surface area contributed by atoms with Crippen LogP contribution in [-0.4, -0.2) is 47.3 Å². The summed E-state index contributed by atoms with van der Waals surface area (Å²) in [6.07, 6.45) is 8.31. The molecule has 1 aliphatic carbocycles. The maximum absolute atomic E-state index is 11.1. The van der Waals surface area contributed by atoms with E-state index in [4.69, 9.17) is 0 Å². The Kier molecular flexibility index (Phi) is 6.77. The Morgan fingerprint density at radius 3 is 1.47 bits per heavy atom. The van der Waals surface area contributed by atoms with Crippen LogP contribution in [0.5, 0.6) is 11.5 Å². The Bertz CT molecular complexity index is 929. The lowest BCUT2D eigenvalue weighted by Crippen LogP contribution is -2.27.